The average Bonchev–Trinajstić information content (AvgIpc) is 2.80. The first-order chi connectivity index (χ1) is 12.5. The molecule has 1 aromatic rings. The third-order valence-corrected chi connectivity index (χ3v) is 6.02. The molecule has 2 saturated heterocycles. The van der Waals surface area contributed by atoms with Crippen LogP contribution < -0.4 is 4.74 Å². The first kappa shape index (κ1) is 18.9. The van der Waals surface area contributed by atoms with Crippen molar-refractivity contribution in [3.63, 3.8) is 0 Å². The SMILES string of the molecule is COc1ccccc1/C=C/CN1CCN(C)C2(CCC(=O)N(C)CC2)C1. The van der Waals surface area contributed by atoms with Gasteiger partial charge in [-0.25, -0.2) is 0 Å². The lowest BCUT2D eigenvalue weighted by Crippen LogP contribution is -2.61. The predicted octanol–water partition coefficient (Wildman–Crippen LogP) is 2.34. The van der Waals surface area contributed by atoms with E-state index in [2.05, 4.69) is 35.1 Å². The second kappa shape index (κ2) is 8.23. The van der Waals surface area contributed by atoms with Crippen LogP contribution in [0, 0.1) is 0 Å². The number of amides is 1. The van der Waals surface area contributed by atoms with Crippen molar-refractivity contribution < 1.29 is 9.53 Å². The lowest BCUT2D eigenvalue weighted by atomic mass is 9.86. The van der Waals surface area contributed by atoms with E-state index >= 15 is 0 Å². The molecular formula is C21H31N3O2. The molecule has 3 rings (SSSR count). The number of rotatable bonds is 4. The van der Waals surface area contributed by atoms with Gasteiger partial charge in [-0.3, -0.25) is 14.6 Å². The summed E-state index contributed by atoms with van der Waals surface area (Å²) < 4.78 is 5.42. The Morgan fingerprint density at radius 2 is 1.96 bits per heavy atom. The number of likely N-dealkylation sites (tertiary alicyclic amines) is 1. The number of methoxy groups -OCH3 is 1. The Morgan fingerprint density at radius 1 is 1.15 bits per heavy atom. The number of benzene rings is 1. The number of carbonyl (C=O) groups is 1. The van der Waals surface area contributed by atoms with Crippen molar-refractivity contribution in [2.45, 2.75) is 24.8 Å². The highest BCUT2D eigenvalue weighted by molar-refractivity contribution is 5.76. The van der Waals surface area contributed by atoms with Gasteiger partial charge in [-0.2, -0.15) is 0 Å². The quantitative estimate of drug-likeness (QED) is 0.829. The minimum absolute atomic E-state index is 0.122. The maximum Gasteiger partial charge on any atom is 0.222 e. The first-order valence-corrected chi connectivity index (χ1v) is 9.51. The Morgan fingerprint density at radius 3 is 2.77 bits per heavy atom. The number of ether oxygens (including phenoxy) is 1. The zero-order valence-corrected chi connectivity index (χ0v) is 16.3. The van der Waals surface area contributed by atoms with Crippen molar-refractivity contribution in [1.82, 2.24) is 14.7 Å². The molecule has 1 spiro atoms. The molecule has 2 aliphatic heterocycles. The summed E-state index contributed by atoms with van der Waals surface area (Å²) in [6, 6.07) is 8.09. The van der Waals surface area contributed by atoms with Crippen molar-refractivity contribution in [3.05, 3.63) is 35.9 Å². The fraction of sp³-hybridized carbons (Fsp3) is 0.571. The van der Waals surface area contributed by atoms with Crippen LogP contribution in [-0.4, -0.2) is 80.1 Å². The largest absolute Gasteiger partial charge is 0.496 e. The van der Waals surface area contributed by atoms with Crippen LogP contribution in [-0.2, 0) is 4.79 Å². The Kier molecular flexibility index (Phi) is 5.99. The Hall–Kier alpha value is -1.85. The summed E-state index contributed by atoms with van der Waals surface area (Å²) in [5, 5.41) is 0. The van der Waals surface area contributed by atoms with Crippen LogP contribution in [0.15, 0.2) is 30.3 Å². The molecule has 5 nitrogen and oxygen atoms in total. The van der Waals surface area contributed by atoms with Crippen LogP contribution in [0.4, 0.5) is 0 Å². The van der Waals surface area contributed by atoms with Gasteiger partial charge < -0.3 is 9.64 Å². The smallest absolute Gasteiger partial charge is 0.222 e. The lowest BCUT2D eigenvalue weighted by molar-refractivity contribution is -0.129. The molecule has 0 radical (unpaired) electrons. The molecule has 0 aromatic heterocycles. The van der Waals surface area contributed by atoms with Crippen LogP contribution in [0.25, 0.3) is 6.08 Å². The third kappa shape index (κ3) is 4.10. The normalized spacial score (nSPS) is 25.8. The lowest BCUT2D eigenvalue weighted by Gasteiger charge is -2.49. The van der Waals surface area contributed by atoms with Gasteiger partial charge in [-0.1, -0.05) is 30.4 Å². The predicted molar refractivity (Wildman–Crippen MR) is 105 cm³/mol. The van der Waals surface area contributed by atoms with E-state index in [4.69, 9.17) is 4.74 Å². The van der Waals surface area contributed by atoms with Crippen LogP contribution in [0.2, 0.25) is 0 Å². The van der Waals surface area contributed by atoms with Crippen LogP contribution in [0.1, 0.15) is 24.8 Å². The molecule has 1 aromatic carbocycles. The van der Waals surface area contributed by atoms with Crippen LogP contribution in [0.5, 0.6) is 5.75 Å². The van der Waals surface area contributed by atoms with E-state index in [0.29, 0.717) is 6.42 Å². The molecule has 26 heavy (non-hydrogen) atoms. The molecule has 2 aliphatic rings. The van der Waals surface area contributed by atoms with Crippen molar-refractivity contribution >= 4 is 12.0 Å². The van der Waals surface area contributed by atoms with E-state index in [9.17, 15) is 4.79 Å². The number of piperazine rings is 1. The van der Waals surface area contributed by atoms with Gasteiger partial charge in [0.15, 0.2) is 0 Å². The number of nitrogens with zero attached hydrogens (tertiary/aromatic N) is 3. The van der Waals surface area contributed by atoms with Gasteiger partial charge in [0, 0.05) is 57.3 Å². The molecule has 0 aliphatic carbocycles. The first-order valence-electron chi connectivity index (χ1n) is 9.51. The fourth-order valence-corrected chi connectivity index (χ4v) is 4.13. The highest BCUT2D eigenvalue weighted by atomic mass is 16.5. The van der Waals surface area contributed by atoms with Gasteiger partial charge in [0.05, 0.1) is 7.11 Å². The molecule has 1 unspecified atom stereocenters. The van der Waals surface area contributed by atoms with Gasteiger partial charge in [-0.15, -0.1) is 0 Å². The zero-order chi connectivity index (χ0) is 18.6. The molecule has 1 amide bonds. The van der Waals surface area contributed by atoms with Gasteiger partial charge in [0.1, 0.15) is 5.75 Å². The summed E-state index contributed by atoms with van der Waals surface area (Å²) in [7, 11) is 5.86. The third-order valence-electron chi connectivity index (χ3n) is 6.02. The second-order valence-corrected chi connectivity index (χ2v) is 7.59. The second-order valence-electron chi connectivity index (χ2n) is 7.59. The summed E-state index contributed by atoms with van der Waals surface area (Å²) >= 11 is 0. The van der Waals surface area contributed by atoms with Crippen molar-refractivity contribution in [2.75, 3.05) is 53.9 Å². The summed E-state index contributed by atoms with van der Waals surface area (Å²) in [6.07, 6.45) is 7.04. The number of carbonyl (C=O) groups excluding carboxylic acids is 1. The molecule has 142 valence electrons. The van der Waals surface area contributed by atoms with E-state index < -0.39 is 0 Å². The fourth-order valence-electron chi connectivity index (χ4n) is 4.13. The zero-order valence-electron chi connectivity index (χ0n) is 16.3. The van der Waals surface area contributed by atoms with Gasteiger partial charge in [-0.05, 0) is 26.0 Å². The minimum atomic E-state index is 0.122. The Labute approximate surface area is 157 Å². The number of hydrogen-bond acceptors (Lipinski definition) is 4. The Balaban J connectivity index is 1.64. The number of likely N-dealkylation sites (N-methyl/N-ethyl adjacent to an activating group) is 1. The van der Waals surface area contributed by atoms with Gasteiger partial charge >= 0.3 is 0 Å². The van der Waals surface area contributed by atoms with Crippen molar-refractivity contribution in [2.24, 2.45) is 0 Å². The summed E-state index contributed by atoms with van der Waals surface area (Å²) in [5.41, 5.74) is 1.23. The standard InChI is InChI=1S/C21H31N3O2/c1-22-14-12-21(11-10-20(22)25)17-24(16-15-23(21)2)13-6-8-18-7-4-5-9-19(18)26-3/h4-9H,10-17H2,1-3H3/b8-6+. The van der Waals surface area contributed by atoms with E-state index in [1.165, 1.54) is 0 Å². The molecular weight excluding hydrogens is 326 g/mol. The van der Waals surface area contributed by atoms with Crippen LogP contribution in [0.3, 0.4) is 0 Å². The molecule has 5 heteroatoms. The van der Waals surface area contributed by atoms with Gasteiger partial charge in [0.2, 0.25) is 5.91 Å². The minimum Gasteiger partial charge on any atom is -0.496 e. The highest BCUT2D eigenvalue weighted by Crippen LogP contribution is 2.31. The van der Waals surface area contributed by atoms with E-state index in [0.717, 1.165) is 56.9 Å². The molecule has 0 N–H and O–H groups in total. The monoisotopic (exact) mass is 357 g/mol. The van der Waals surface area contributed by atoms with Crippen molar-refractivity contribution in [1.29, 1.82) is 0 Å². The maximum atomic E-state index is 12.1. The molecule has 2 heterocycles. The average molecular weight is 357 g/mol. The molecule has 2 fully saturated rings. The maximum absolute atomic E-state index is 12.1. The number of hydrogen-bond donors (Lipinski definition) is 0. The topological polar surface area (TPSA) is 36.0 Å². The van der Waals surface area contributed by atoms with E-state index in [1.807, 2.05) is 30.1 Å². The van der Waals surface area contributed by atoms with E-state index in [1.54, 1.807) is 7.11 Å². The van der Waals surface area contributed by atoms with Crippen molar-refractivity contribution in [3.8, 4) is 5.75 Å². The Bertz CT molecular complexity index is 660. The molecule has 0 saturated carbocycles. The number of para-hydroxylation sites is 1. The van der Waals surface area contributed by atoms with E-state index in [-0.39, 0.29) is 11.4 Å². The summed E-state index contributed by atoms with van der Waals surface area (Å²) in [6.45, 7) is 4.94. The van der Waals surface area contributed by atoms with Crippen LogP contribution >= 0.6 is 0 Å². The van der Waals surface area contributed by atoms with Gasteiger partial charge in [0.25, 0.3) is 0 Å². The summed E-state index contributed by atoms with van der Waals surface area (Å²) in [4.78, 5) is 19.0. The molecule has 0 bridgehead atoms. The highest BCUT2D eigenvalue weighted by Gasteiger charge is 2.41. The summed E-state index contributed by atoms with van der Waals surface area (Å²) in [5.74, 6) is 1.19. The molecule has 1 atom stereocenters.